The van der Waals surface area contributed by atoms with Crippen molar-refractivity contribution in [2.24, 2.45) is 11.8 Å². The normalized spacial score (nSPS) is 25.7. The maximum atomic E-state index is 9.22. The van der Waals surface area contributed by atoms with E-state index in [1.807, 2.05) is 0 Å². The van der Waals surface area contributed by atoms with Crippen LogP contribution in [0.15, 0.2) is 12.1 Å². The van der Waals surface area contributed by atoms with Gasteiger partial charge in [0.25, 0.3) is 0 Å². The molecule has 0 unspecified atom stereocenters. The molecular weight excluding hydrogens is 330 g/mol. The Morgan fingerprint density at radius 3 is 2.58 bits per heavy atom. The summed E-state index contributed by atoms with van der Waals surface area (Å²) in [4.78, 5) is 2.61. The van der Waals surface area contributed by atoms with Gasteiger partial charge in [0.05, 0.1) is 33.5 Å². The molecule has 0 aliphatic carbocycles. The lowest BCUT2D eigenvalue weighted by atomic mass is 9.79. The molecule has 0 amide bonds. The van der Waals surface area contributed by atoms with E-state index in [0.717, 1.165) is 43.9 Å². The van der Waals surface area contributed by atoms with E-state index in [4.69, 9.17) is 14.2 Å². The third-order valence-electron chi connectivity index (χ3n) is 5.76. The standard InChI is InChI=1S/C21H33NO4/c1-14(2)9-16-13-22-6-5-15-10-20(24-3)21(25-4)11-17(15)18(22)12-19(16)26-8-7-23/h10-11,14,16,18-19,23H,5-9,12-13H2,1-4H3/t16-,18-,19-/m1/s1. The molecule has 0 saturated carbocycles. The molecule has 146 valence electrons. The van der Waals surface area contributed by atoms with Crippen LogP contribution in [0, 0.1) is 11.8 Å². The van der Waals surface area contributed by atoms with Gasteiger partial charge in [-0.3, -0.25) is 4.90 Å². The molecular formula is C21H33NO4. The van der Waals surface area contributed by atoms with Gasteiger partial charge in [-0.1, -0.05) is 13.8 Å². The molecule has 0 bridgehead atoms. The number of hydrogen-bond acceptors (Lipinski definition) is 5. The van der Waals surface area contributed by atoms with Crippen LogP contribution < -0.4 is 9.47 Å². The van der Waals surface area contributed by atoms with Gasteiger partial charge in [0.1, 0.15) is 0 Å². The number of methoxy groups -OCH3 is 2. The quantitative estimate of drug-likeness (QED) is 0.807. The summed E-state index contributed by atoms with van der Waals surface area (Å²) in [5, 5.41) is 9.22. The molecule has 3 atom stereocenters. The van der Waals surface area contributed by atoms with E-state index in [1.165, 1.54) is 11.1 Å². The molecule has 5 heteroatoms. The van der Waals surface area contributed by atoms with E-state index >= 15 is 0 Å². The number of benzene rings is 1. The zero-order valence-electron chi connectivity index (χ0n) is 16.5. The number of aliphatic hydroxyl groups excluding tert-OH is 1. The van der Waals surface area contributed by atoms with E-state index < -0.39 is 0 Å². The fourth-order valence-electron chi connectivity index (χ4n) is 4.65. The van der Waals surface area contributed by atoms with E-state index in [0.29, 0.717) is 24.5 Å². The van der Waals surface area contributed by atoms with Crippen LogP contribution in [0.3, 0.4) is 0 Å². The van der Waals surface area contributed by atoms with Gasteiger partial charge in [-0.2, -0.15) is 0 Å². The Balaban J connectivity index is 1.87. The van der Waals surface area contributed by atoms with Crippen LogP contribution in [-0.2, 0) is 11.2 Å². The van der Waals surface area contributed by atoms with Crippen molar-refractivity contribution in [3.05, 3.63) is 23.3 Å². The average molecular weight is 363 g/mol. The van der Waals surface area contributed by atoms with Crippen LogP contribution in [0.25, 0.3) is 0 Å². The average Bonchev–Trinajstić information content (AvgIpc) is 2.64. The minimum absolute atomic E-state index is 0.0842. The topological polar surface area (TPSA) is 51.2 Å². The predicted molar refractivity (Wildman–Crippen MR) is 102 cm³/mol. The van der Waals surface area contributed by atoms with Crippen LogP contribution in [-0.4, -0.2) is 56.6 Å². The van der Waals surface area contributed by atoms with Crippen LogP contribution in [0.1, 0.15) is 43.9 Å². The molecule has 26 heavy (non-hydrogen) atoms. The zero-order valence-corrected chi connectivity index (χ0v) is 16.5. The van der Waals surface area contributed by atoms with Gasteiger partial charge in [-0.15, -0.1) is 0 Å². The summed E-state index contributed by atoms with van der Waals surface area (Å²) in [5.74, 6) is 2.78. The van der Waals surface area contributed by atoms with Crippen LogP contribution >= 0.6 is 0 Å². The van der Waals surface area contributed by atoms with Crippen molar-refractivity contribution in [2.45, 2.75) is 45.3 Å². The summed E-state index contributed by atoms with van der Waals surface area (Å²) in [6.07, 6.45) is 3.38. The van der Waals surface area contributed by atoms with Gasteiger partial charge in [0.2, 0.25) is 0 Å². The van der Waals surface area contributed by atoms with Crippen molar-refractivity contribution in [3.8, 4) is 11.5 Å². The highest BCUT2D eigenvalue weighted by atomic mass is 16.5. The Morgan fingerprint density at radius 2 is 1.92 bits per heavy atom. The first kappa shape index (κ1) is 19.5. The van der Waals surface area contributed by atoms with Gasteiger partial charge in [0, 0.05) is 19.1 Å². The van der Waals surface area contributed by atoms with E-state index in [-0.39, 0.29) is 12.7 Å². The Morgan fingerprint density at radius 1 is 1.19 bits per heavy atom. The zero-order chi connectivity index (χ0) is 18.7. The largest absolute Gasteiger partial charge is 0.493 e. The summed E-state index contributed by atoms with van der Waals surface area (Å²) in [5.41, 5.74) is 2.70. The van der Waals surface area contributed by atoms with Crippen molar-refractivity contribution < 1.29 is 19.3 Å². The van der Waals surface area contributed by atoms with Crippen molar-refractivity contribution >= 4 is 0 Å². The van der Waals surface area contributed by atoms with Crippen LogP contribution in [0.5, 0.6) is 11.5 Å². The molecule has 2 heterocycles. The maximum Gasteiger partial charge on any atom is 0.161 e. The first-order valence-corrected chi connectivity index (χ1v) is 9.78. The number of piperidine rings is 1. The van der Waals surface area contributed by atoms with E-state index in [1.54, 1.807) is 14.2 Å². The smallest absolute Gasteiger partial charge is 0.161 e. The number of rotatable bonds is 7. The molecule has 3 rings (SSSR count). The molecule has 5 nitrogen and oxygen atoms in total. The van der Waals surface area contributed by atoms with Crippen molar-refractivity contribution in [2.75, 3.05) is 40.5 Å². The molecule has 1 saturated heterocycles. The Kier molecular flexibility index (Phi) is 6.43. The van der Waals surface area contributed by atoms with Crippen molar-refractivity contribution in [3.63, 3.8) is 0 Å². The molecule has 1 N–H and O–H groups in total. The lowest BCUT2D eigenvalue weighted by molar-refractivity contribution is -0.0713. The lowest BCUT2D eigenvalue weighted by Gasteiger charge is -2.47. The van der Waals surface area contributed by atoms with Gasteiger partial charge >= 0.3 is 0 Å². The molecule has 1 aromatic rings. The Bertz CT molecular complexity index is 604. The highest BCUT2D eigenvalue weighted by Crippen LogP contribution is 2.44. The second-order valence-corrected chi connectivity index (χ2v) is 7.92. The summed E-state index contributed by atoms with van der Waals surface area (Å²) in [6.45, 7) is 7.20. The Labute approximate surface area is 157 Å². The second kappa shape index (κ2) is 8.59. The monoisotopic (exact) mass is 363 g/mol. The Hall–Kier alpha value is -1.30. The molecule has 1 fully saturated rings. The van der Waals surface area contributed by atoms with Gasteiger partial charge in [0.15, 0.2) is 11.5 Å². The first-order valence-electron chi connectivity index (χ1n) is 9.78. The number of fused-ring (bicyclic) bond motifs is 3. The fraction of sp³-hybridized carbons (Fsp3) is 0.714. The summed E-state index contributed by atoms with van der Waals surface area (Å²) < 4.78 is 17.1. The molecule has 0 aromatic heterocycles. The first-order chi connectivity index (χ1) is 12.6. The molecule has 1 aromatic carbocycles. The van der Waals surface area contributed by atoms with Gasteiger partial charge in [-0.25, -0.2) is 0 Å². The third kappa shape index (κ3) is 4.00. The maximum absolute atomic E-state index is 9.22. The van der Waals surface area contributed by atoms with Crippen molar-refractivity contribution in [1.82, 2.24) is 4.90 Å². The SMILES string of the molecule is COc1cc2c(cc1OC)[C@H]1C[C@@H](OCCO)[C@H](CC(C)C)CN1CC2. The highest BCUT2D eigenvalue weighted by Gasteiger charge is 2.39. The van der Waals surface area contributed by atoms with E-state index in [2.05, 4.69) is 30.9 Å². The summed E-state index contributed by atoms with van der Waals surface area (Å²) in [7, 11) is 3.38. The highest BCUT2D eigenvalue weighted by molar-refractivity contribution is 5.49. The third-order valence-corrected chi connectivity index (χ3v) is 5.76. The fourth-order valence-corrected chi connectivity index (χ4v) is 4.65. The predicted octanol–water partition coefficient (Wildman–Crippen LogP) is 3.05. The van der Waals surface area contributed by atoms with Crippen molar-refractivity contribution in [1.29, 1.82) is 0 Å². The molecule has 0 radical (unpaired) electrons. The van der Waals surface area contributed by atoms with Gasteiger partial charge < -0.3 is 19.3 Å². The summed E-state index contributed by atoms with van der Waals surface area (Å²) in [6, 6.07) is 4.64. The molecule has 0 spiro atoms. The minimum atomic E-state index is 0.0842. The lowest BCUT2D eigenvalue weighted by Crippen LogP contribution is -2.49. The van der Waals surface area contributed by atoms with Crippen LogP contribution in [0.4, 0.5) is 0 Å². The van der Waals surface area contributed by atoms with Crippen LogP contribution in [0.2, 0.25) is 0 Å². The number of hydrogen-bond donors (Lipinski definition) is 1. The number of nitrogens with zero attached hydrogens (tertiary/aromatic N) is 1. The molecule has 2 aliphatic rings. The minimum Gasteiger partial charge on any atom is -0.493 e. The molecule has 2 aliphatic heterocycles. The van der Waals surface area contributed by atoms with Gasteiger partial charge in [-0.05, 0) is 54.4 Å². The summed E-state index contributed by atoms with van der Waals surface area (Å²) >= 11 is 0. The second-order valence-electron chi connectivity index (χ2n) is 7.92. The number of aliphatic hydroxyl groups is 1. The number of ether oxygens (including phenoxy) is 3. The van der Waals surface area contributed by atoms with E-state index in [9.17, 15) is 5.11 Å².